The summed E-state index contributed by atoms with van der Waals surface area (Å²) in [7, 11) is 0. The van der Waals surface area contributed by atoms with Crippen molar-refractivity contribution in [2.75, 3.05) is 13.2 Å². The predicted octanol–water partition coefficient (Wildman–Crippen LogP) is 1.98. The van der Waals surface area contributed by atoms with Crippen molar-refractivity contribution in [3.8, 4) is 0 Å². The number of hydrogen-bond donors (Lipinski definition) is 2. The molecule has 0 aliphatic heterocycles. The van der Waals surface area contributed by atoms with Crippen LogP contribution in [-0.2, 0) is 0 Å². The third kappa shape index (κ3) is 3.35. The number of nitrogens with one attached hydrogen (secondary N) is 1. The zero-order chi connectivity index (χ0) is 9.68. The molecule has 0 spiro atoms. The van der Waals surface area contributed by atoms with E-state index in [1.807, 2.05) is 31.2 Å². The lowest BCUT2D eigenvalue weighted by atomic mass is 10.1. The molecule has 1 aromatic rings. The minimum absolute atomic E-state index is 0.158. The van der Waals surface area contributed by atoms with Crippen LogP contribution >= 0.6 is 11.6 Å². The molecule has 0 amide bonds. The first-order chi connectivity index (χ1) is 6.24. The van der Waals surface area contributed by atoms with Gasteiger partial charge in [0, 0.05) is 17.6 Å². The highest BCUT2D eigenvalue weighted by Crippen LogP contribution is 2.16. The third-order valence-corrected chi connectivity index (χ3v) is 2.15. The van der Waals surface area contributed by atoms with Gasteiger partial charge in [0.1, 0.15) is 0 Å². The van der Waals surface area contributed by atoms with E-state index in [0.717, 1.165) is 10.6 Å². The summed E-state index contributed by atoms with van der Waals surface area (Å²) in [4.78, 5) is 0. The normalized spacial score (nSPS) is 12.8. The quantitative estimate of drug-likeness (QED) is 0.778. The maximum atomic E-state index is 8.63. The van der Waals surface area contributed by atoms with Crippen molar-refractivity contribution in [2.24, 2.45) is 0 Å². The van der Waals surface area contributed by atoms with E-state index < -0.39 is 0 Å². The van der Waals surface area contributed by atoms with Crippen molar-refractivity contribution in [3.05, 3.63) is 34.9 Å². The summed E-state index contributed by atoms with van der Waals surface area (Å²) in [5, 5.41) is 12.5. The van der Waals surface area contributed by atoms with Gasteiger partial charge in [0.25, 0.3) is 0 Å². The number of rotatable bonds is 4. The molecule has 0 aromatic heterocycles. The Labute approximate surface area is 83.5 Å². The summed E-state index contributed by atoms with van der Waals surface area (Å²) in [5.41, 5.74) is 1.14. The van der Waals surface area contributed by atoms with Crippen LogP contribution in [-0.4, -0.2) is 18.3 Å². The van der Waals surface area contributed by atoms with Crippen LogP contribution in [0.5, 0.6) is 0 Å². The summed E-state index contributed by atoms with van der Waals surface area (Å²) in [6.07, 6.45) is 0. The Hall–Kier alpha value is -0.570. The van der Waals surface area contributed by atoms with E-state index in [-0.39, 0.29) is 12.6 Å². The Kier molecular flexibility index (Phi) is 4.22. The first-order valence-electron chi connectivity index (χ1n) is 4.33. The van der Waals surface area contributed by atoms with Gasteiger partial charge < -0.3 is 10.4 Å². The minimum Gasteiger partial charge on any atom is -0.395 e. The van der Waals surface area contributed by atoms with E-state index in [1.165, 1.54) is 0 Å². The molecule has 0 saturated heterocycles. The molecule has 0 bridgehead atoms. The summed E-state index contributed by atoms with van der Waals surface area (Å²) >= 11 is 5.85. The second kappa shape index (κ2) is 5.22. The highest BCUT2D eigenvalue weighted by Gasteiger charge is 2.03. The van der Waals surface area contributed by atoms with Crippen molar-refractivity contribution in [2.45, 2.75) is 13.0 Å². The Morgan fingerprint density at radius 1 is 1.54 bits per heavy atom. The monoisotopic (exact) mass is 199 g/mol. The summed E-state index contributed by atoms with van der Waals surface area (Å²) < 4.78 is 0. The molecule has 1 unspecified atom stereocenters. The van der Waals surface area contributed by atoms with E-state index in [1.54, 1.807) is 0 Å². The molecular formula is C10H14ClNO. The smallest absolute Gasteiger partial charge is 0.0556 e. The molecule has 1 rings (SSSR count). The van der Waals surface area contributed by atoms with Crippen LogP contribution in [0, 0.1) is 0 Å². The maximum absolute atomic E-state index is 8.63. The van der Waals surface area contributed by atoms with Crippen LogP contribution in [0.2, 0.25) is 5.02 Å². The van der Waals surface area contributed by atoms with Crippen molar-refractivity contribution in [3.63, 3.8) is 0 Å². The van der Waals surface area contributed by atoms with E-state index in [0.29, 0.717) is 6.54 Å². The van der Waals surface area contributed by atoms with Crippen LogP contribution in [0.15, 0.2) is 24.3 Å². The lowest BCUT2D eigenvalue weighted by molar-refractivity contribution is 0.286. The van der Waals surface area contributed by atoms with Gasteiger partial charge in [-0.25, -0.2) is 0 Å². The van der Waals surface area contributed by atoms with Gasteiger partial charge in [-0.1, -0.05) is 23.7 Å². The highest BCUT2D eigenvalue weighted by atomic mass is 35.5. The fourth-order valence-electron chi connectivity index (χ4n) is 1.17. The van der Waals surface area contributed by atoms with Crippen LogP contribution in [0.1, 0.15) is 18.5 Å². The molecule has 0 aliphatic rings. The Bertz CT molecular complexity index is 265. The SMILES string of the molecule is CC(NCCO)c1cccc(Cl)c1. The van der Waals surface area contributed by atoms with E-state index >= 15 is 0 Å². The average molecular weight is 200 g/mol. The van der Waals surface area contributed by atoms with Crippen LogP contribution < -0.4 is 5.32 Å². The van der Waals surface area contributed by atoms with E-state index in [2.05, 4.69) is 5.32 Å². The fraction of sp³-hybridized carbons (Fsp3) is 0.400. The molecular weight excluding hydrogens is 186 g/mol. The van der Waals surface area contributed by atoms with Gasteiger partial charge in [0.2, 0.25) is 0 Å². The summed E-state index contributed by atoms with van der Waals surface area (Å²) in [5.74, 6) is 0. The van der Waals surface area contributed by atoms with E-state index in [9.17, 15) is 0 Å². The highest BCUT2D eigenvalue weighted by molar-refractivity contribution is 6.30. The number of aliphatic hydroxyl groups is 1. The van der Waals surface area contributed by atoms with Gasteiger partial charge >= 0.3 is 0 Å². The Morgan fingerprint density at radius 3 is 2.92 bits per heavy atom. The van der Waals surface area contributed by atoms with Gasteiger partial charge in [0.05, 0.1) is 6.61 Å². The zero-order valence-corrected chi connectivity index (χ0v) is 8.38. The van der Waals surface area contributed by atoms with Gasteiger partial charge in [-0.3, -0.25) is 0 Å². The topological polar surface area (TPSA) is 32.3 Å². The van der Waals surface area contributed by atoms with Gasteiger partial charge in [0.15, 0.2) is 0 Å². The largest absolute Gasteiger partial charge is 0.395 e. The van der Waals surface area contributed by atoms with E-state index in [4.69, 9.17) is 16.7 Å². The number of hydrogen-bond acceptors (Lipinski definition) is 2. The molecule has 3 heteroatoms. The molecule has 1 atom stereocenters. The first kappa shape index (κ1) is 10.5. The third-order valence-electron chi connectivity index (χ3n) is 1.91. The van der Waals surface area contributed by atoms with Crippen molar-refractivity contribution in [1.82, 2.24) is 5.32 Å². The van der Waals surface area contributed by atoms with Gasteiger partial charge in [-0.2, -0.15) is 0 Å². The summed E-state index contributed by atoms with van der Waals surface area (Å²) in [6, 6.07) is 7.95. The van der Waals surface area contributed by atoms with Crippen molar-refractivity contribution < 1.29 is 5.11 Å². The molecule has 2 N–H and O–H groups in total. The zero-order valence-electron chi connectivity index (χ0n) is 7.63. The second-order valence-corrected chi connectivity index (χ2v) is 3.39. The second-order valence-electron chi connectivity index (χ2n) is 2.95. The lowest BCUT2D eigenvalue weighted by Gasteiger charge is -2.13. The molecule has 0 aliphatic carbocycles. The first-order valence-corrected chi connectivity index (χ1v) is 4.71. The Balaban J connectivity index is 2.60. The molecule has 2 nitrogen and oxygen atoms in total. The maximum Gasteiger partial charge on any atom is 0.0556 e. The molecule has 0 radical (unpaired) electrons. The van der Waals surface area contributed by atoms with Crippen LogP contribution in [0.3, 0.4) is 0 Å². The predicted molar refractivity (Wildman–Crippen MR) is 55.0 cm³/mol. The number of benzene rings is 1. The molecule has 1 aromatic carbocycles. The fourth-order valence-corrected chi connectivity index (χ4v) is 1.37. The molecule has 0 heterocycles. The van der Waals surface area contributed by atoms with Crippen molar-refractivity contribution >= 4 is 11.6 Å². The Morgan fingerprint density at radius 2 is 2.31 bits per heavy atom. The van der Waals surface area contributed by atoms with Crippen LogP contribution in [0.25, 0.3) is 0 Å². The molecule has 13 heavy (non-hydrogen) atoms. The van der Waals surface area contributed by atoms with Crippen LogP contribution in [0.4, 0.5) is 0 Å². The standard InChI is InChI=1S/C10H14ClNO/c1-8(12-5-6-13)9-3-2-4-10(11)7-9/h2-4,7-8,12-13H,5-6H2,1H3. The van der Waals surface area contributed by atoms with Gasteiger partial charge in [-0.05, 0) is 24.6 Å². The molecule has 72 valence electrons. The summed E-state index contributed by atoms with van der Waals surface area (Å²) in [6.45, 7) is 2.81. The molecule has 0 fully saturated rings. The molecule has 0 saturated carbocycles. The average Bonchev–Trinajstić information content (AvgIpc) is 2.14. The lowest BCUT2D eigenvalue weighted by Crippen LogP contribution is -2.21. The van der Waals surface area contributed by atoms with Crippen molar-refractivity contribution in [1.29, 1.82) is 0 Å². The number of aliphatic hydroxyl groups excluding tert-OH is 1. The van der Waals surface area contributed by atoms with Gasteiger partial charge in [-0.15, -0.1) is 0 Å². The number of halogens is 1. The minimum atomic E-state index is 0.158.